The third kappa shape index (κ3) is 3.26. The Bertz CT molecular complexity index is 571. The number of thiazole rings is 1. The van der Waals surface area contributed by atoms with Gasteiger partial charge in [-0.25, -0.2) is 4.79 Å². The molecule has 1 unspecified atom stereocenters. The van der Waals surface area contributed by atoms with Gasteiger partial charge in [-0.15, -0.1) is 0 Å². The third-order valence-electron chi connectivity index (χ3n) is 3.19. The molecule has 0 aromatic carbocycles. The fourth-order valence-corrected chi connectivity index (χ4v) is 2.92. The minimum absolute atomic E-state index is 0.0260. The molecule has 2 heterocycles. The summed E-state index contributed by atoms with van der Waals surface area (Å²) in [5, 5.41) is 11.6. The van der Waals surface area contributed by atoms with Gasteiger partial charge in [0.1, 0.15) is 11.4 Å². The van der Waals surface area contributed by atoms with E-state index in [9.17, 15) is 14.4 Å². The molecule has 1 aromatic rings. The molecule has 2 rings (SSSR count). The van der Waals surface area contributed by atoms with Crippen LogP contribution in [0.1, 0.15) is 28.2 Å². The number of carbonyl (C=O) groups is 2. The van der Waals surface area contributed by atoms with Crippen molar-refractivity contribution in [2.45, 2.75) is 32.4 Å². The Kier molecular flexibility index (Phi) is 4.56. The highest BCUT2D eigenvalue weighted by Crippen LogP contribution is 2.12. The summed E-state index contributed by atoms with van der Waals surface area (Å²) in [6.45, 7) is 2.49. The van der Waals surface area contributed by atoms with E-state index >= 15 is 0 Å². The van der Waals surface area contributed by atoms with Crippen molar-refractivity contribution in [3.8, 4) is 0 Å². The molecule has 0 spiro atoms. The Morgan fingerprint density at radius 3 is 2.85 bits per heavy atom. The maximum Gasteiger partial charge on any atom is 0.347 e. The van der Waals surface area contributed by atoms with Crippen molar-refractivity contribution in [3.05, 3.63) is 20.2 Å². The fourth-order valence-electron chi connectivity index (χ4n) is 2.09. The van der Waals surface area contributed by atoms with E-state index in [0.29, 0.717) is 30.2 Å². The number of carboxylic acid groups (broad SMARTS) is 1. The van der Waals surface area contributed by atoms with Gasteiger partial charge in [0, 0.05) is 18.8 Å². The van der Waals surface area contributed by atoms with Crippen molar-refractivity contribution in [2.75, 3.05) is 13.2 Å². The highest BCUT2D eigenvalue weighted by atomic mass is 32.1. The van der Waals surface area contributed by atoms with Crippen LogP contribution in [-0.4, -0.2) is 40.8 Å². The van der Waals surface area contributed by atoms with Crippen molar-refractivity contribution in [3.63, 3.8) is 0 Å². The van der Waals surface area contributed by atoms with Gasteiger partial charge in [0.15, 0.2) is 0 Å². The molecule has 1 aliphatic rings. The van der Waals surface area contributed by atoms with Crippen LogP contribution in [0.15, 0.2) is 4.79 Å². The number of rotatable bonds is 5. The summed E-state index contributed by atoms with van der Waals surface area (Å²) in [6.07, 6.45) is 1.95. The van der Waals surface area contributed by atoms with Gasteiger partial charge in [-0.2, -0.15) is 0 Å². The molecule has 0 bridgehead atoms. The fraction of sp³-hybridized carbons (Fsp3) is 0.583. The zero-order valence-corrected chi connectivity index (χ0v) is 11.9. The molecule has 1 aliphatic heterocycles. The predicted molar refractivity (Wildman–Crippen MR) is 72.3 cm³/mol. The number of carboxylic acids is 1. The maximum absolute atomic E-state index is 11.8. The maximum atomic E-state index is 11.8. The standard InChI is InChI=1S/C12H16N2O5S/c1-7-10(11(16)17)20-12(18)14(7)6-9(15)13-5-8-3-2-4-19-8/h8H,2-6H2,1H3,(H,13,15)(H,16,17). The van der Waals surface area contributed by atoms with Crippen LogP contribution in [0.25, 0.3) is 0 Å². The summed E-state index contributed by atoms with van der Waals surface area (Å²) in [7, 11) is 0. The topological polar surface area (TPSA) is 97.6 Å². The van der Waals surface area contributed by atoms with Gasteiger partial charge >= 0.3 is 10.8 Å². The minimum Gasteiger partial charge on any atom is -0.477 e. The number of hydrogen-bond donors (Lipinski definition) is 2. The highest BCUT2D eigenvalue weighted by Gasteiger charge is 2.20. The molecule has 20 heavy (non-hydrogen) atoms. The zero-order chi connectivity index (χ0) is 14.7. The average molecular weight is 300 g/mol. The van der Waals surface area contributed by atoms with Crippen LogP contribution in [0.4, 0.5) is 0 Å². The molecule has 0 radical (unpaired) electrons. The number of ether oxygens (including phenoxy) is 1. The summed E-state index contributed by atoms with van der Waals surface area (Å²) in [6, 6.07) is 0. The quantitative estimate of drug-likeness (QED) is 0.810. The Morgan fingerprint density at radius 1 is 1.55 bits per heavy atom. The van der Waals surface area contributed by atoms with Gasteiger partial charge in [-0.05, 0) is 19.8 Å². The molecule has 1 amide bonds. The van der Waals surface area contributed by atoms with E-state index in [1.165, 1.54) is 11.5 Å². The molecule has 0 saturated carbocycles. The summed E-state index contributed by atoms with van der Waals surface area (Å²) in [5.74, 6) is -1.47. The van der Waals surface area contributed by atoms with Crippen LogP contribution in [0.2, 0.25) is 0 Å². The lowest BCUT2D eigenvalue weighted by Gasteiger charge is -2.11. The molecule has 8 heteroatoms. The van der Waals surface area contributed by atoms with Crippen LogP contribution in [0, 0.1) is 6.92 Å². The molecule has 1 aromatic heterocycles. The first-order valence-corrected chi connectivity index (χ1v) is 7.12. The number of nitrogens with one attached hydrogen (secondary N) is 1. The number of aromatic nitrogens is 1. The van der Waals surface area contributed by atoms with Crippen molar-refractivity contribution >= 4 is 23.2 Å². The summed E-state index contributed by atoms with van der Waals surface area (Å²) in [5.41, 5.74) is 0.305. The molecule has 2 N–H and O–H groups in total. The van der Waals surface area contributed by atoms with Crippen molar-refractivity contribution in [1.82, 2.24) is 9.88 Å². The number of nitrogens with zero attached hydrogens (tertiary/aromatic N) is 1. The van der Waals surface area contributed by atoms with Gasteiger partial charge in [0.05, 0.1) is 6.10 Å². The second-order valence-electron chi connectivity index (χ2n) is 4.61. The van der Waals surface area contributed by atoms with Gasteiger partial charge in [0.2, 0.25) is 5.91 Å². The van der Waals surface area contributed by atoms with Gasteiger partial charge < -0.3 is 15.2 Å². The van der Waals surface area contributed by atoms with E-state index in [-0.39, 0.29) is 23.4 Å². The first-order valence-electron chi connectivity index (χ1n) is 6.31. The smallest absolute Gasteiger partial charge is 0.347 e. The second kappa shape index (κ2) is 6.19. The predicted octanol–water partition coefficient (Wildman–Crippen LogP) is 0.212. The molecule has 110 valence electrons. The minimum atomic E-state index is -1.15. The van der Waals surface area contributed by atoms with Crippen molar-refractivity contribution < 1.29 is 19.4 Å². The second-order valence-corrected chi connectivity index (χ2v) is 5.57. The van der Waals surface area contributed by atoms with Crippen molar-refractivity contribution in [1.29, 1.82) is 0 Å². The average Bonchev–Trinajstić information content (AvgIpc) is 2.99. The molecule has 1 fully saturated rings. The van der Waals surface area contributed by atoms with Crippen molar-refractivity contribution in [2.24, 2.45) is 0 Å². The molecule has 1 atom stereocenters. The lowest BCUT2D eigenvalue weighted by Crippen LogP contribution is -2.35. The van der Waals surface area contributed by atoms with Crippen LogP contribution >= 0.6 is 11.3 Å². The lowest BCUT2D eigenvalue weighted by molar-refractivity contribution is -0.122. The number of hydrogen-bond acceptors (Lipinski definition) is 5. The Balaban J connectivity index is 1.97. The lowest BCUT2D eigenvalue weighted by atomic mass is 10.2. The number of carbonyl (C=O) groups excluding carboxylic acids is 1. The third-order valence-corrected chi connectivity index (χ3v) is 4.26. The van der Waals surface area contributed by atoms with E-state index in [4.69, 9.17) is 9.84 Å². The van der Waals surface area contributed by atoms with E-state index in [1.807, 2.05) is 0 Å². The van der Waals surface area contributed by atoms with Crippen LogP contribution < -0.4 is 10.2 Å². The Morgan fingerprint density at radius 2 is 2.30 bits per heavy atom. The summed E-state index contributed by atoms with van der Waals surface area (Å²) >= 11 is 0.638. The number of aromatic carboxylic acids is 1. The molecule has 0 aliphatic carbocycles. The van der Waals surface area contributed by atoms with E-state index < -0.39 is 10.8 Å². The van der Waals surface area contributed by atoms with E-state index in [0.717, 1.165) is 12.8 Å². The molecule has 1 saturated heterocycles. The molecule has 7 nitrogen and oxygen atoms in total. The van der Waals surface area contributed by atoms with Crippen LogP contribution in [-0.2, 0) is 16.1 Å². The van der Waals surface area contributed by atoms with E-state index in [2.05, 4.69) is 5.32 Å². The van der Waals surface area contributed by atoms with Crippen LogP contribution in [0.3, 0.4) is 0 Å². The van der Waals surface area contributed by atoms with Crippen LogP contribution in [0.5, 0.6) is 0 Å². The Hall–Kier alpha value is -1.67. The SMILES string of the molecule is Cc1c(C(=O)O)sc(=O)n1CC(=O)NCC1CCCO1. The first-order chi connectivity index (χ1) is 9.49. The van der Waals surface area contributed by atoms with Gasteiger partial charge in [-0.1, -0.05) is 11.3 Å². The normalized spacial score (nSPS) is 18.1. The van der Waals surface area contributed by atoms with Gasteiger partial charge in [0.25, 0.3) is 0 Å². The first kappa shape index (κ1) is 14.7. The summed E-state index contributed by atoms with van der Waals surface area (Å²) in [4.78, 5) is 33.9. The molecular formula is C12H16N2O5S. The Labute approximate surface area is 119 Å². The summed E-state index contributed by atoms with van der Waals surface area (Å²) < 4.78 is 6.56. The van der Waals surface area contributed by atoms with Gasteiger partial charge in [-0.3, -0.25) is 14.2 Å². The number of amides is 1. The highest BCUT2D eigenvalue weighted by molar-refractivity contribution is 7.11. The zero-order valence-electron chi connectivity index (χ0n) is 11.0. The van der Waals surface area contributed by atoms with E-state index in [1.54, 1.807) is 0 Å². The monoisotopic (exact) mass is 300 g/mol. The largest absolute Gasteiger partial charge is 0.477 e. The molecular weight excluding hydrogens is 284 g/mol.